The molecule has 0 saturated heterocycles. The third kappa shape index (κ3) is 8.33. The highest BCUT2D eigenvalue weighted by Crippen LogP contribution is 2.17. The maximum absolute atomic E-state index is 12.7. The quantitative estimate of drug-likeness (QED) is 0.199. The number of halogens is 1. The maximum Gasteiger partial charge on any atom is 0.326 e. The minimum Gasteiger partial charge on any atom is -0.493 e. The molecule has 0 bridgehead atoms. The molecular weight excluding hydrogens is 488 g/mol. The number of benzene rings is 3. The Morgan fingerprint density at radius 2 is 1.49 bits per heavy atom. The van der Waals surface area contributed by atoms with E-state index in [1.807, 2.05) is 62.4 Å². The van der Waals surface area contributed by atoms with Crippen LogP contribution in [0.4, 0.5) is 22.1 Å². The molecular formula is C28H27ClN6O2. The number of carbonyl (C=O) groups excluding carboxylic acids is 1. The van der Waals surface area contributed by atoms with Crippen LogP contribution in [0.2, 0.25) is 5.02 Å². The third-order valence-corrected chi connectivity index (χ3v) is 5.39. The lowest BCUT2D eigenvalue weighted by atomic mass is 10.2. The monoisotopic (exact) mass is 514 g/mol. The molecule has 188 valence electrons. The standard InChI is InChI=1S/C28H27ClN6O2/c1-19-18-20(2)31-26(30-19)34-27(35-28(36)33-24-10-8-22(29)9-11-24)32-23-12-14-25(15-13-23)37-17-16-21-6-4-3-5-7-21/h3-15,18H,16-17H2,1-2H3,(H3,30,31,32,33,34,35,36). The first-order chi connectivity index (χ1) is 17.9. The molecule has 0 aliphatic rings. The molecule has 9 heteroatoms. The topological polar surface area (TPSA) is 101 Å². The van der Waals surface area contributed by atoms with E-state index in [1.165, 1.54) is 5.56 Å². The zero-order valence-corrected chi connectivity index (χ0v) is 21.3. The molecule has 1 aromatic heterocycles. The molecule has 0 aliphatic carbocycles. The van der Waals surface area contributed by atoms with Crippen molar-refractivity contribution >= 4 is 40.9 Å². The van der Waals surface area contributed by atoms with Crippen LogP contribution in [0, 0.1) is 13.8 Å². The molecule has 4 aromatic rings. The van der Waals surface area contributed by atoms with Gasteiger partial charge in [-0.1, -0.05) is 41.9 Å². The SMILES string of the molecule is Cc1cc(C)nc(/N=C(/NC(=O)Nc2ccc(Cl)cc2)Nc2ccc(OCCc3ccccc3)cc2)n1. The van der Waals surface area contributed by atoms with Crippen LogP contribution in [-0.2, 0) is 6.42 Å². The lowest BCUT2D eigenvalue weighted by molar-refractivity contribution is 0.256. The molecule has 0 saturated carbocycles. The van der Waals surface area contributed by atoms with Crippen LogP contribution in [-0.4, -0.2) is 28.6 Å². The van der Waals surface area contributed by atoms with E-state index in [0.29, 0.717) is 23.0 Å². The largest absolute Gasteiger partial charge is 0.493 e. The number of rotatable bonds is 7. The van der Waals surface area contributed by atoms with Gasteiger partial charge in [-0.05, 0) is 74.0 Å². The zero-order valence-electron chi connectivity index (χ0n) is 20.5. The first-order valence-electron chi connectivity index (χ1n) is 11.7. The number of amides is 2. The Hall–Kier alpha value is -4.43. The smallest absolute Gasteiger partial charge is 0.326 e. The number of carbonyl (C=O) groups is 1. The molecule has 37 heavy (non-hydrogen) atoms. The summed E-state index contributed by atoms with van der Waals surface area (Å²) < 4.78 is 5.86. The number of ether oxygens (including phenoxy) is 1. The third-order valence-electron chi connectivity index (χ3n) is 5.14. The van der Waals surface area contributed by atoms with Gasteiger partial charge in [0, 0.05) is 34.2 Å². The summed E-state index contributed by atoms with van der Waals surface area (Å²) in [6, 6.07) is 25.7. The van der Waals surface area contributed by atoms with Crippen LogP contribution >= 0.6 is 11.6 Å². The van der Waals surface area contributed by atoms with E-state index < -0.39 is 6.03 Å². The molecule has 0 radical (unpaired) electrons. The summed E-state index contributed by atoms with van der Waals surface area (Å²) in [6.45, 7) is 4.29. The molecule has 3 N–H and O–H groups in total. The van der Waals surface area contributed by atoms with Gasteiger partial charge in [-0.3, -0.25) is 5.32 Å². The van der Waals surface area contributed by atoms with Crippen LogP contribution in [0.15, 0.2) is 89.9 Å². The van der Waals surface area contributed by atoms with Crippen LogP contribution in [0.25, 0.3) is 0 Å². The Morgan fingerprint density at radius 1 is 0.865 bits per heavy atom. The van der Waals surface area contributed by atoms with Crippen molar-refractivity contribution in [1.82, 2.24) is 15.3 Å². The van der Waals surface area contributed by atoms with E-state index in [-0.39, 0.29) is 11.9 Å². The number of hydrogen-bond donors (Lipinski definition) is 3. The highest BCUT2D eigenvalue weighted by molar-refractivity contribution is 6.30. The molecule has 0 fully saturated rings. The van der Waals surface area contributed by atoms with Crippen molar-refractivity contribution in [3.63, 3.8) is 0 Å². The van der Waals surface area contributed by atoms with Crippen molar-refractivity contribution in [3.8, 4) is 5.75 Å². The first-order valence-corrected chi connectivity index (χ1v) is 12.1. The van der Waals surface area contributed by atoms with Crippen LogP contribution < -0.4 is 20.7 Å². The number of hydrogen-bond acceptors (Lipinski definition) is 5. The second kappa shape index (κ2) is 12.5. The van der Waals surface area contributed by atoms with Gasteiger partial charge >= 0.3 is 6.03 Å². The van der Waals surface area contributed by atoms with Crippen molar-refractivity contribution in [2.75, 3.05) is 17.2 Å². The number of urea groups is 1. The fourth-order valence-electron chi connectivity index (χ4n) is 3.45. The lowest BCUT2D eigenvalue weighted by Gasteiger charge is -2.13. The Kier molecular flexibility index (Phi) is 8.67. The van der Waals surface area contributed by atoms with E-state index in [4.69, 9.17) is 16.3 Å². The van der Waals surface area contributed by atoms with Gasteiger partial charge in [-0.15, -0.1) is 0 Å². The van der Waals surface area contributed by atoms with Crippen molar-refractivity contribution in [2.45, 2.75) is 20.3 Å². The number of guanidine groups is 1. The van der Waals surface area contributed by atoms with Crippen LogP contribution in [0.3, 0.4) is 0 Å². The predicted molar refractivity (Wildman–Crippen MR) is 148 cm³/mol. The van der Waals surface area contributed by atoms with Gasteiger partial charge in [0.15, 0.2) is 0 Å². The van der Waals surface area contributed by atoms with Crippen molar-refractivity contribution in [2.24, 2.45) is 4.99 Å². The number of aromatic nitrogens is 2. The highest BCUT2D eigenvalue weighted by atomic mass is 35.5. The summed E-state index contributed by atoms with van der Waals surface area (Å²) >= 11 is 5.93. The summed E-state index contributed by atoms with van der Waals surface area (Å²) in [5.74, 6) is 1.13. The van der Waals surface area contributed by atoms with Gasteiger partial charge in [0.2, 0.25) is 5.96 Å². The summed E-state index contributed by atoms with van der Waals surface area (Å²) in [5, 5.41) is 9.18. The van der Waals surface area contributed by atoms with E-state index in [0.717, 1.165) is 23.6 Å². The molecule has 1 heterocycles. The Labute approximate surface area is 220 Å². The maximum atomic E-state index is 12.7. The van der Waals surface area contributed by atoms with Gasteiger partial charge in [0.25, 0.3) is 5.95 Å². The average Bonchev–Trinajstić information content (AvgIpc) is 2.86. The summed E-state index contributed by atoms with van der Waals surface area (Å²) in [4.78, 5) is 25.8. The lowest BCUT2D eigenvalue weighted by Crippen LogP contribution is -2.38. The Bertz CT molecular complexity index is 1340. The number of aryl methyl sites for hydroxylation is 2. The fourth-order valence-corrected chi connectivity index (χ4v) is 3.58. The molecule has 0 spiro atoms. The second-order valence-electron chi connectivity index (χ2n) is 8.23. The van der Waals surface area contributed by atoms with E-state index in [2.05, 4.69) is 43.0 Å². The Balaban J connectivity index is 1.44. The van der Waals surface area contributed by atoms with E-state index in [1.54, 1.807) is 24.3 Å². The number of nitrogens with one attached hydrogen (secondary N) is 3. The van der Waals surface area contributed by atoms with Gasteiger partial charge in [-0.25, -0.2) is 14.8 Å². The number of aliphatic imine (C=N–C) groups is 1. The van der Waals surface area contributed by atoms with Gasteiger partial charge in [0.05, 0.1) is 6.61 Å². The average molecular weight is 515 g/mol. The molecule has 0 aliphatic heterocycles. The molecule has 4 rings (SSSR count). The summed E-state index contributed by atoms with van der Waals surface area (Å²) in [6.07, 6.45) is 0.820. The number of nitrogens with zero attached hydrogens (tertiary/aromatic N) is 3. The summed E-state index contributed by atoms with van der Waals surface area (Å²) in [7, 11) is 0. The van der Waals surface area contributed by atoms with Crippen molar-refractivity contribution < 1.29 is 9.53 Å². The second-order valence-corrected chi connectivity index (χ2v) is 8.67. The van der Waals surface area contributed by atoms with Crippen LogP contribution in [0.5, 0.6) is 5.75 Å². The van der Waals surface area contributed by atoms with Crippen molar-refractivity contribution in [3.05, 3.63) is 107 Å². The van der Waals surface area contributed by atoms with Crippen LogP contribution in [0.1, 0.15) is 17.0 Å². The Morgan fingerprint density at radius 3 is 2.16 bits per heavy atom. The van der Waals surface area contributed by atoms with E-state index in [9.17, 15) is 4.79 Å². The minimum atomic E-state index is -0.487. The fraction of sp³-hybridized carbons (Fsp3) is 0.143. The zero-order chi connectivity index (χ0) is 26.0. The van der Waals surface area contributed by atoms with Gasteiger partial charge in [0.1, 0.15) is 5.75 Å². The van der Waals surface area contributed by atoms with Crippen molar-refractivity contribution in [1.29, 1.82) is 0 Å². The molecule has 0 atom stereocenters. The minimum absolute atomic E-state index is 0.161. The first kappa shape index (κ1) is 25.7. The predicted octanol–water partition coefficient (Wildman–Crippen LogP) is 6.29. The number of anilines is 2. The highest BCUT2D eigenvalue weighted by Gasteiger charge is 2.10. The normalized spacial score (nSPS) is 11.1. The molecule has 0 unspecified atom stereocenters. The summed E-state index contributed by atoms with van der Waals surface area (Å²) in [5.41, 5.74) is 4.05. The van der Waals surface area contributed by atoms with E-state index >= 15 is 0 Å². The molecule has 2 amide bonds. The molecule has 3 aromatic carbocycles. The molecule has 8 nitrogen and oxygen atoms in total. The van der Waals surface area contributed by atoms with Gasteiger partial charge in [-0.2, -0.15) is 4.99 Å². The van der Waals surface area contributed by atoms with Gasteiger partial charge < -0.3 is 15.4 Å².